The lowest BCUT2D eigenvalue weighted by Gasteiger charge is -2.64. The number of likely N-dealkylation sites (tertiary alicyclic amines) is 2. The summed E-state index contributed by atoms with van der Waals surface area (Å²) < 4.78 is 39.8. The van der Waals surface area contributed by atoms with Crippen LogP contribution in [-0.2, 0) is 18.9 Å². The Balaban J connectivity index is 0.897. The summed E-state index contributed by atoms with van der Waals surface area (Å²) in [7, 11) is 0. The van der Waals surface area contributed by atoms with Gasteiger partial charge in [0.15, 0.2) is 6.29 Å². The number of rotatable bonds is 8. The van der Waals surface area contributed by atoms with Gasteiger partial charge in [-0.1, -0.05) is 48.5 Å². The Morgan fingerprint density at radius 2 is 1.66 bits per heavy atom. The maximum atomic E-state index is 13.3. The Morgan fingerprint density at radius 1 is 0.943 bits per heavy atom. The Bertz CT molecular complexity index is 1410. The predicted octanol–water partition coefficient (Wildman–Crippen LogP) is 6.36. The van der Waals surface area contributed by atoms with Gasteiger partial charge >= 0.3 is 6.09 Å². The number of ether oxygens (including phenoxy) is 4. The van der Waals surface area contributed by atoms with Crippen LogP contribution in [0.15, 0.2) is 0 Å². The van der Waals surface area contributed by atoms with Crippen LogP contribution in [0.25, 0.3) is 0 Å². The quantitative estimate of drug-likeness (QED) is 0.308. The molecule has 53 heavy (non-hydrogen) atoms. The van der Waals surface area contributed by atoms with E-state index in [1.165, 1.54) is 25.7 Å². The Kier molecular flexibility index (Phi) is 9.20. The van der Waals surface area contributed by atoms with E-state index in [4.69, 9.17) is 18.9 Å². The van der Waals surface area contributed by atoms with Crippen molar-refractivity contribution in [1.82, 2.24) is 14.7 Å². The summed E-state index contributed by atoms with van der Waals surface area (Å²) in [6.45, 7) is 23.6. The second-order valence-electron chi connectivity index (χ2n) is 21.1. The molecule has 4 heterocycles. The van der Waals surface area contributed by atoms with Crippen LogP contribution < -0.4 is 0 Å². The average Bonchev–Trinajstić information content (AvgIpc) is 3.70. The summed E-state index contributed by atoms with van der Waals surface area (Å²) in [5.41, 5.74) is 0.423. The van der Waals surface area contributed by atoms with Gasteiger partial charge in [-0.25, -0.2) is 9.18 Å². The van der Waals surface area contributed by atoms with E-state index in [0.29, 0.717) is 48.8 Å². The number of nitrogens with zero attached hydrogens (tertiary/aromatic N) is 3. The van der Waals surface area contributed by atoms with Crippen LogP contribution in [0.4, 0.5) is 9.18 Å². The van der Waals surface area contributed by atoms with E-state index in [1.807, 2.05) is 0 Å². The number of aliphatic hydroxyl groups is 1. The number of aliphatic hydroxyl groups excluding tert-OH is 1. The van der Waals surface area contributed by atoms with Crippen molar-refractivity contribution in [3.63, 3.8) is 0 Å². The summed E-state index contributed by atoms with van der Waals surface area (Å²) in [6.07, 6.45) is 8.08. The van der Waals surface area contributed by atoms with E-state index in [0.717, 1.165) is 71.4 Å². The number of alkyl halides is 1. The molecule has 5 aliphatic carbocycles. The van der Waals surface area contributed by atoms with Crippen molar-refractivity contribution in [3.05, 3.63) is 0 Å². The summed E-state index contributed by atoms with van der Waals surface area (Å²) >= 11 is 0. The van der Waals surface area contributed by atoms with Gasteiger partial charge in [0.2, 0.25) is 0 Å². The fraction of sp³-hybridized carbons (Fsp3) is 0.977. The number of hydrogen-bond donors (Lipinski definition) is 1. The normalized spacial score (nSPS) is 49.8. The first-order valence-corrected chi connectivity index (χ1v) is 21.8. The first-order valence-electron chi connectivity index (χ1n) is 21.8. The van der Waals surface area contributed by atoms with Crippen molar-refractivity contribution in [2.75, 3.05) is 59.0 Å². The van der Waals surface area contributed by atoms with Crippen molar-refractivity contribution in [1.29, 1.82) is 0 Å². The molecule has 4 saturated heterocycles. The number of carbonyl (C=O) groups excluding carboxylic acids is 1. The minimum Gasteiger partial charge on any atom is -0.443 e. The van der Waals surface area contributed by atoms with Crippen LogP contribution in [0.2, 0.25) is 0 Å². The molecule has 0 aromatic rings. The molecule has 0 radical (unpaired) electrons. The van der Waals surface area contributed by atoms with Crippen LogP contribution in [-0.4, -0.2) is 128 Å². The monoisotopic (exact) mass is 744 g/mol. The predicted molar refractivity (Wildman–Crippen MR) is 200 cm³/mol. The molecular weight excluding hydrogens is 673 g/mol. The largest absolute Gasteiger partial charge is 0.443 e. The highest BCUT2D eigenvalue weighted by atomic mass is 19.1. The van der Waals surface area contributed by atoms with Gasteiger partial charge in [-0.05, 0) is 109 Å². The SMILES string of the molecule is CC(C)[C@@H](OC(=O)N1CCC1)[C@H]1C[C@@H](C)[C@H]2[C@H](O1)[C@H](O)[C@@]1(C)[C@@H]3CC[C@H]4C(C)(C)C(O[C@H]5CN(CCN6CC(F)C6)CCO5)CC[C@@]45C[C@@]35CC[C@]21C. The zero-order valence-electron chi connectivity index (χ0n) is 33.9. The number of fused-ring (bicyclic) bond motifs is 4. The van der Waals surface area contributed by atoms with Crippen molar-refractivity contribution < 1.29 is 33.2 Å². The minimum absolute atomic E-state index is 0.00109. The highest BCUT2D eigenvalue weighted by Crippen LogP contribution is 2.89. The first kappa shape index (κ1) is 37.5. The van der Waals surface area contributed by atoms with Gasteiger partial charge in [0.05, 0.1) is 31.0 Å². The average molecular weight is 744 g/mol. The van der Waals surface area contributed by atoms with E-state index < -0.39 is 12.3 Å². The molecule has 1 amide bonds. The van der Waals surface area contributed by atoms with E-state index >= 15 is 0 Å². The Hall–Kier alpha value is -1.04. The smallest absolute Gasteiger partial charge is 0.410 e. The lowest BCUT2D eigenvalue weighted by molar-refractivity contribution is -0.249. The van der Waals surface area contributed by atoms with E-state index in [1.54, 1.807) is 4.90 Å². The molecule has 9 fully saturated rings. The van der Waals surface area contributed by atoms with Crippen LogP contribution in [0.1, 0.15) is 106 Å². The zero-order valence-corrected chi connectivity index (χ0v) is 33.9. The zero-order chi connectivity index (χ0) is 37.3. The van der Waals surface area contributed by atoms with E-state index in [-0.39, 0.29) is 64.4 Å². The maximum absolute atomic E-state index is 13.3. The molecule has 1 unspecified atom stereocenters. The number of halogens is 1. The Labute approximate surface area is 318 Å². The topological polar surface area (TPSA) is 83.9 Å². The third-order valence-electron chi connectivity index (χ3n) is 18.2. The van der Waals surface area contributed by atoms with Gasteiger partial charge in [0.25, 0.3) is 0 Å². The molecule has 14 atom stereocenters. The molecule has 4 aliphatic heterocycles. The second kappa shape index (κ2) is 13.0. The second-order valence-corrected chi connectivity index (χ2v) is 21.1. The standard InChI is InChI=1S/C43H70FN3O6/c1-26(2)35(53-38(49)47-15-8-16-47)29-21-27(3)34-36(51-29)37(48)41(7)31-10-9-30-39(4,5)32(11-12-42(30)25-43(31,42)14-13-40(34,41)6)52-33-24-45(19-20-50-33)17-18-46-22-28(44)23-46/h26-37,48H,8-25H2,1-7H3/t27-,29-,30+,31+,32?,33+,34+,35-,36+,37+,40-,41-,42-,43+/m1/s1. The molecule has 1 N–H and O–H groups in total. The third kappa shape index (κ3) is 5.43. The summed E-state index contributed by atoms with van der Waals surface area (Å²) in [6, 6.07) is 0. The molecule has 2 spiro atoms. The lowest BCUT2D eigenvalue weighted by atomic mass is 9.41. The van der Waals surface area contributed by atoms with Crippen LogP contribution >= 0.6 is 0 Å². The lowest BCUT2D eigenvalue weighted by Crippen LogP contribution is -2.60. The van der Waals surface area contributed by atoms with Gasteiger partial charge in [0, 0.05) is 57.8 Å². The molecule has 0 bridgehead atoms. The van der Waals surface area contributed by atoms with Gasteiger partial charge in [-0.2, -0.15) is 0 Å². The molecular formula is C43H70FN3O6. The van der Waals surface area contributed by atoms with Gasteiger partial charge < -0.3 is 29.0 Å². The Morgan fingerprint density at radius 3 is 2.36 bits per heavy atom. The van der Waals surface area contributed by atoms with Crippen molar-refractivity contribution in [2.45, 2.75) is 149 Å². The van der Waals surface area contributed by atoms with E-state index in [9.17, 15) is 14.3 Å². The fourth-order valence-corrected chi connectivity index (χ4v) is 15.2. The number of carbonyl (C=O) groups is 1. The summed E-state index contributed by atoms with van der Waals surface area (Å²) in [5.74, 6) is 1.90. The minimum atomic E-state index is -0.649. The van der Waals surface area contributed by atoms with E-state index in [2.05, 4.69) is 58.3 Å². The van der Waals surface area contributed by atoms with Crippen LogP contribution in [0.5, 0.6) is 0 Å². The molecule has 300 valence electrons. The molecule has 9 aliphatic rings. The van der Waals surface area contributed by atoms with Crippen molar-refractivity contribution in [2.24, 2.45) is 56.7 Å². The van der Waals surface area contributed by atoms with Crippen molar-refractivity contribution >= 4 is 6.09 Å². The van der Waals surface area contributed by atoms with Gasteiger partial charge in [-0.15, -0.1) is 0 Å². The highest BCUT2D eigenvalue weighted by Gasteiger charge is 2.84. The third-order valence-corrected chi connectivity index (χ3v) is 18.2. The van der Waals surface area contributed by atoms with Crippen LogP contribution in [0.3, 0.4) is 0 Å². The molecule has 9 rings (SSSR count). The molecule has 0 aromatic carbocycles. The van der Waals surface area contributed by atoms with Gasteiger partial charge in [-0.3, -0.25) is 9.80 Å². The summed E-state index contributed by atoms with van der Waals surface area (Å²) in [5, 5.41) is 12.7. The molecule has 0 aromatic heterocycles. The fourth-order valence-electron chi connectivity index (χ4n) is 15.2. The number of morpholine rings is 1. The van der Waals surface area contributed by atoms with Crippen molar-refractivity contribution in [3.8, 4) is 0 Å². The highest BCUT2D eigenvalue weighted by molar-refractivity contribution is 5.68. The van der Waals surface area contributed by atoms with Crippen LogP contribution in [0, 0.1) is 56.7 Å². The number of hydrogen-bond acceptors (Lipinski definition) is 8. The number of amides is 1. The molecule has 10 heteroatoms. The first-order chi connectivity index (χ1) is 25.1. The summed E-state index contributed by atoms with van der Waals surface area (Å²) in [4.78, 5) is 19.4. The molecule has 9 nitrogen and oxygen atoms in total. The maximum Gasteiger partial charge on any atom is 0.410 e. The van der Waals surface area contributed by atoms with Gasteiger partial charge in [0.1, 0.15) is 12.3 Å². The molecule has 5 saturated carbocycles.